The lowest BCUT2D eigenvalue weighted by molar-refractivity contribution is -0.00808. The first-order chi connectivity index (χ1) is 11.3. The Morgan fingerprint density at radius 2 is 2.30 bits per heavy atom. The first kappa shape index (κ1) is 16.6. The third-order valence-electron chi connectivity index (χ3n) is 4.56. The summed E-state index contributed by atoms with van der Waals surface area (Å²) in [7, 11) is 3.81. The fourth-order valence-corrected chi connectivity index (χ4v) is 4.37. The molecule has 0 saturated carbocycles. The van der Waals surface area contributed by atoms with Crippen LogP contribution in [0.15, 0.2) is 17.4 Å². The van der Waals surface area contributed by atoms with Gasteiger partial charge in [0.25, 0.3) is 0 Å². The van der Waals surface area contributed by atoms with Crippen LogP contribution < -0.4 is 5.32 Å². The van der Waals surface area contributed by atoms with Crippen LogP contribution in [0.1, 0.15) is 24.5 Å². The number of nitrogens with one attached hydrogen (secondary N) is 1. The molecule has 0 bridgehead atoms. The van der Waals surface area contributed by atoms with Crippen molar-refractivity contribution in [2.24, 2.45) is 18.0 Å². The van der Waals surface area contributed by atoms with Crippen LogP contribution in [0.3, 0.4) is 0 Å². The molecule has 3 rings (SSSR count). The largest absolute Gasteiger partial charge is 0.370 e. The van der Waals surface area contributed by atoms with Crippen molar-refractivity contribution in [1.29, 1.82) is 0 Å². The molecule has 1 aromatic rings. The second-order valence-electron chi connectivity index (χ2n) is 6.24. The van der Waals surface area contributed by atoms with Gasteiger partial charge >= 0.3 is 0 Å². The molecule has 3 heterocycles. The zero-order chi connectivity index (χ0) is 16.1. The first-order valence-corrected chi connectivity index (χ1v) is 9.55. The van der Waals surface area contributed by atoms with E-state index in [1.807, 2.05) is 31.2 Å². The molecule has 2 fully saturated rings. The molecule has 0 amide bonds. The minimum absolute atomic E-state index is 0.0714. The third-order valence-corrected chi connectivity index (χ3v) is 5.61. The van der Waals surface area contributed by atoms with Gasteiger partial charge in [0.2, 0.25) is 0 Å². The number of ether oxygens (including phenoxy) is 1. The first-order valence-electron chi connectivity index (χ1n) is 8.39. The van der Waals surface area contributed by atoms with Crippen LogP contribution in [0, 0.1) is 5.92 Å². The monoisotopic (exact) mass is 337 g/mol. The molecule has 1 aromatic heterocycles. The van der Waals surface area contributed by atoms with E-state index in [9.17, 15) is 0 Å². The second-order valence-corrected chi connectivity index (χ2v) is 7.46. The average Bonchev–Trinajstić information content (AvgIpc) is 3.03. The van der Waals surface area contributed by atoms with Gasteiger partial charge in [0.05, 0.1) is 19.3 Å². The molecule has 1 atom stereocenters. The van der Waals surface area contributed by atoms with Crippen LogP contribution in [0.25, 0.3) is 0 Å². The highest BCUT2D eigenvalue weighted by Crippen LogP contribution is 2.23. The zero-order valence-corrected chi connectivity index (χ0v) is 14.9. The van der Waals surface area contributed by atoms with E-state index in [0.29, 0.717) is 0 Å². The molecular formula is C16H27N5OS. The molecule has 2 saturated heterocycles. The van der Waals surface area contributed by atoms with E-state index in [1.165, 1.54) is 24.3 Å². The van der Waals surface area contributed by atoms with Crippen LogP contribution in [0.2, 0.25) is 0 Å². The van der Waals surface area contributed by atoms with Crippen LogP contribution in [0.5, 0.6) is 0 Å². The summed E-state index contributed by atoms with van der Waals surface area (Å²) in [6.07, 6.45) is 6.63. The Labute approximate surface area is 142 Å². The van der Waals surface area contributed by atoms with E-state index in [1.54, 1.807) is 0 Å². The Bertz CT molecular complexity index is 526. The summed E-state index contributed by atoms with van der Waals surface area (Å²) in [6.45, 7) is 3.46. The van der Waals surface area contributed by atoms with Crippen molar-refractivity contribution in [3.8, 4) is 0 Å². The van der Waals surface area contributed by atoms with Gasteiger partial charge in [-0.2, -0.15) is 16.9 Å². The van der Waals surface area contributed by atoms with Gasteiger partial charge in [-0.05, 0) is 30.3 Å². The number of aryl methyl sites for hydroxylation is 1. The maximum atomic E-state index is 5.92. The summed E-state index contributed by atoms with van der Waals surface area (Å²) in [6, 6.07) is 0. The summed E-state index contributed by atoms with van der Waals surface area (Å²) in [5, 5.41) is 7.83. The summed E-state index contributed by atoms with van der Waals surface area (Å²) in [4.78, 5) is 6.78. The summed E-state index contributed by atoms with van der Waals surface area (Å²) < 4.78 is 7.74. The average molecular weight is 337 g/mol. The van der Waals surface area contributed by atoms with Crippen LogP contribution in [0.4, 0.5) is 0 Å². The number of morpholine rings is 1. The van der Waals surface area contributed by atoms with Gasteiger partial charge < -0.3 is 15.0 Å². The molecular weight excluding hydrogens is 310 g/mol. The second kappa shape index (κ2) is 8.06. The number of aromatic nitrogens is 2. The Hall–Kier alpha value is -1.21. The lowest BCUT2D eigenvalue weighted by Crippen LogP contribution is -2.49. The summed E-state index contributed by atoms with van der Waals surface area (Å²) >= 11 is 2.07. The molecule has 7 heteroatoms. The van der Waals surface area contributed by atoms with Gasteiger partial charge in [-0.15, -0.1) is 0 Å². The fourth-order valence-electron chi connectivity index (χ4n) is 3.17. The van der Waals surface area contributed by atoms with Gasteiger partial charge in [-0.1, -0.05) is 0 Å². The lowest BCUT2D eigenvalue weighted by atomic mass is 10.0. The molecule has 0 radical (unpaired) electrons. The Kier molecular flexibility index (Phi) is 5.83. The topological polar surface area (TPSA) is 54.7 Å². The molecule has 128 valence electrons. The van der Waals surface area contributed by atoms with Crippen LogP contribution in [-0.2, 0) is 11.8 Å². The van der Waals surface area contributed by atoms with Crippen LogP contribution >= 0.6 is 11.8 Å². The highest BCUT2D eigenvalue weighted by Gasteiger charge is 2.25. The lowest BCUT2D eigenvalue weighted by Gasteiger charge is -2.35. The normalized spacial score (nSPS) is 24.0. The number of hydrogen-bond acceptors (Lipinski definition) is 4. The zero-order valence-electron chi connectivity index (χ0n) is 14.1. The Morgan fingerprint density at radius 1 is 1.48 bits per heavy atom. The van der Waals surface area contributed by atoms with E-state index in [-0.39, 0.29) is 6.10 Å². The van der Waals surface area contributed by atoms with Crippen molar-refractivity contribution < 1.29 is 4.74 Å². The standard InChI is InChI=1S/C16H27N5OS/c1-17-16(18-9-13-3-7-23-8-4-13)21-5-6-22-15(12-21)14-10-19-20(2)11-14/h10-11,13,15H,3-9,12H2,1-2H3,(H,17,18). The minimum Gasteiger partial charge on any atom is -0.370 e. The molecule has 0 aliphatic carbocycles. The van der Waals surface area contributed by atoms with Crippen molar-refractivity contribution in [3.63, 3.8) is 0 Å². The molecule has 0 spiro atoms. The van der Waals surface area contributed by atoms with Crippen molar-refractivity contribution in [1.82, 2.24) is 20.0 Å². The fraction of sp³-hybridized carbons (Fsp3) is 0.750. The maximum absolute atomic E-state index is 5.92. The minimum atomic E-state index is 0.0714. The van der Waals surface area contributed by atoms with E-state index < -0.39 is 0 Å². The summed E-state index contributed by atoms with van der Waals surface area (Å²) in [5.41, 5.74) is 1.14. The van der Waals surface area contributed by atoms with E-state index >= 15 is 0 Å². The van der Waals surface area contributed by atoms with E-state index in [4.69, 9.17) is 4.74 Å². The number of thioether (sulfide) groups is 1. The van der Waals surface area contributed by atoms with Crippen LogP contribution in [-0.4, -0.2) is 65.4 Å². The van der Waals surface area contributed by atoms with Gasteiger partial charge in [0.1, 0.15) is 6.10 Å². The van der Waals surface area contributed by atoms with Crippen molar-refractivity contribution in [2.45, 2.75) is 18.9 Å². The SMILES string of the molecule is CN=C(NCC1CCSCC1)N1CCOC(c2cnn(C)c2)C1. The Morgan fingerprint density at radius 3 is 3.00 bits per heavy atom. The van der Waals surface area contributed by atoms with E-state index in [2.05, 4.69) is 32.1 Å². The maximum Gasteiger partial charge on any atom is 0.193 e. The predicted molar refractivity (Wildman–Crippen MR) is 94.9 cm³/mol. The predicted octanol–water partition coefficient (Wildman–Crippen LogP) is 1.51. The smallest absolute Gasteiger partial charge is 0.193 e. The molecule has 2 aliphatic rings. The Balaban J connectivity index is 1.55. The molecule has 1 unspecified atom stereocenters. The van der Waals surface area contributed by atoms with Crippen molar-refractivity contribution in [2.75, 3.05) is 44.8 Å². The van der Waals surface area contributed by atoms with Gasteiger partial charge in [-0.3, -0.25) is 9.67 Å². The molecule has 1 N–H and O–H groups in total. The molecule has 6 nitrogen and oxygen atoms in total. The van der Waals surface area contributed by atoms with Crippen molar-refractivity contribution in [3.05, 3.63) is 18.0 Å². The van der Waals surface area contributed by atoms with Crippen molar-refractivity contribution >= 4 is 17.7 Å². The molecule has 0 aromatic carbocycles. The van der Waals surface area contributed by atoms with E-state index in [0.717, 1.165) is 43.7 Å². The van der Waals surface area contributed by atoms with Gasteiger partial charge in [-0.25, -0.2) is 0 Å². The quantitative estimate of drug-likeness (QED) is 0.669. The highest BCUT2D eigenvalue weighted by atomic mass is 32.2. The van der Waals surface area contributed by atoms with Gasteiger partial charge in [0, 0.05) is 38.9 Å². The number of rotatable bonds is 3. The highest BCUT2D eigenvalue weighted by molar-refractivity contribution is 7.99. The molecule has 2 aliphatic heterocycles. The number of guanidine groups is 1. The number of aliphatic imine (C=N–C) groups is 1. The molecule has 23 heavy (non-hydrogen) atoms. The third kappa shape index (κ3) is 4.41. The summed E-state index contributed by atoms with van der Waals surface area (Å²) in [5.74, 6) is 4.38. The van der Waals surface area contributed by atoms with Gasteiger partial charge in [0.15, 0.2) is 5.96 Å². The number of nitrogens with zero attached hydrogens (tertiary/aromatic N) is 4. The number of hydrogen-bond donors (Lipinski definition) is 1.